The van der Waals surface area contributed by atoms with Crippen LogP contribution in [0.4, 0.5) is 0 Å². The number of carboxylic acids is 1. The highest BCUT2D eigenvalue weighted by atomic mass is 32.2. The van der Waals surface area contributed by atoms with Crippen LogP contribution in [0.2, 0.25) is 0 Å². The first-order chi connectivity index (χ1) is 60.8. The highest BCUT2D eigenvalue weighted by molar-refractivity contribution is 7.98. The van der Waals surface area contributed by atoms with Gasteiger partial charge in [0.15, 0.2) is 46.6 Å². The number of carboxylic acid groups (broad SMARTS) is 1. The standard InChI is InChI=1S/C89H151N19O19S/c1-8-9-10-11-12-13-14-28-79(118)102-69(26-17-20-36-92)87(127)105-66(25-16-19-35-91)73(112)47-61(40-54(2)3)84(124)103-67(27-22-38-100-89(96)97)74(113)48-62(52-109)85(125)104-68(33-39-128-7)78(117)49-65(56(6)110)86(126)108-72(50-80(119)120)76(115)44-58(23-15-18-34-90)82(122)107-71(42-57-29-31-64(111)32-30-57)75(114)45-59(24-21-37-99-88(94)95)83(123)106-70(41-55(4)5)77(116)46-60(81(93)121)43-63-51-98-53-101-63/h29-32,51,53-56,58-62,65-72,109-111H,8-28,33-50,52,90-92H2,1-7H3,(H2,93,121)(H,98,101)(H,102,118)(H,103,124)(H,104,125)(H,105,127)(H,106,123)(H,107,122)(H,108,126)(H,119,120)(H4,94,95,99)(H4,96,97,100)/t56-,58-,59-,60-,61-,62+,65+,66+,67+,68+,69+,70+,71+,72+/m1/s1. The average Bonchev–Trinajstić information content (AvgIpc) is 0.869. The fraction of sp³-hybridized carbons (Fsp3) is 0.708. The molecule has 0 fully saturated rings. The molecule has 0 bridgehead atoms. The molecule has 28 N–H and O–H groups in total. The van der Waals surface area contributed by atoms with Gasteiger partial charge < -0.3 is 108 Å². The molecule has 1 heterocycles. The Labute approximate surface area is 757 Å². The Balaban J connectivity index is 2.56. The molecular formula is C89H151N19O19S. The number of imidazole rings is 1. The van der Waals surface area contributed by atoms with E-state index in [4.69, 9.17) is 45.9 Å². The highest BCUT2D eigenvalue weighted by Gasteiger charge is 2.40. The summed E-state index contributed by atoms with van der Waals surface area (Å²) in [4.78, 5) is 228. The minimum atomic E-state index is -1.92. The molecule has 0 aliphatic heterocycles. The van der Waals surface area contributed by atoms with Crippen molar-refractivity contribution >= 4 is 112 Å². The van der Waals surface area contributed by atoms with E-state index >= 15 is 0 Å². The van der Waals surface area contributed by atoms with Gasteiger partial charge in [0.2, 0.25) is 47.3 Å². The maximum atomic E-state index is 15.0. The molecule has 0 unspecified atom stereocenters. The number of primary amides is 1. The Bertz CT molecular complexity index is 3810. The summed E-state index contributed by atoms with van der Waals surface area (Å²) >= 11 is 1.27. The molecule has 722 valence electrons. The number of nitrogens with two attached hydrogens (primary N) is 8. The summed E-state index contributed by atoms with van der Waals surface area (Å²) in [6.07, 6.45) is 8.43. The number of H-pyrrole nitrogens is 1. The van der Waals surface area contributed by atoms with Crippen molar-refractivity contribution in [3.8, 4) is 5.75 Å². The van der Waals surface area contributed by atoms with Crippen molar-refractivity contribution in [2.45, 2.75) is 302 Å². The van der Waals surface area contributed by atoms with Crippen LogP contribution >= 0.6 is 11.8 Å². The van der Waals surface area contributed by atoms with Gasteiger partial charge in [-0.25, -0.2) is 4.98 Å². The zero-order chi connectivity index (χ0) is 95.8. The fourth-order valence-corrected chi connectivity index (χ4v) is 15.4. The third kappa shape index (κ3) is 48.0. The van der Waals surface area contributed by atoms with Gasteiger partial charge >= 0.3 is 5.97 Å². The van der Waals surface area contributed by atoms with Gasteiger partial charge in [-0.15, -0.1) is 0 Å². The summed E-state index contributed by atoms with van der Waals surface area (Å²) in [6.45, 7) is 10.4. The van der Waals surface area contributed by atoms with Gasteiger partial charge in [-0.05, 0) is 177 Å². The molecule has 0 radical (unpaired) electrons. The SMILES string of the molecule is CCCCCCCCCC(=O)N[C@@H](CCCCN)C(=O)N[C@@H](CCCCN)C(=O)C[C@@H](CC(C)C)C(=O)N[C@@H](CCCN=C(N)N)C(=O)C[C@@H](CO)C(=O)N[C@@H](CCSC)C(=O)C[C@H](C(=O)N[C@@H](CC(=O)O)C(=O)C[C@@H](CCCCN)C(=O)N[C@@H](Cc1ccc(O)cc1)C(=O)C[C@@H](CCCN=C(N)N)C(=O)N[C@@H](CC(C)C)C(=O)C[C@@H](Cc1cnc[nH]1)C(N)=O)[C@@H](C)O. The monoisotopic (exact) mass is 1820 g/mol. The van der Waals surface area contributed by atoms with Crippen molar-refractivity contribution in [3.63, 3.8) is 0 Å². The predicted molar refractivity (Wildman–Crippen MR) is 490 cm³/mol. The number of hydrogen-bond donors (Lipinski definition) is 20. The smallest absolute Gasteiger partial charge is 0.305 e. The minimum absolute atomic E-state index is 0.00386. The Morgan fingerprint density at radius 1 is 0.445 bits per heavy atom. The molecule has 8 amide bonds. The van der Waals surface area contributed by atoms with Crippen LogP contribution in [0.25, 0.3) is 0 Å². The highest BCUT2D eigenvalue weighted by Crippen LogP contribution is 2.26. The van der Waals surface area contributed by atoms with Gasteiger partial charge in [-0.3, -0.25) is 81.9 Å². The zero-order valence-electron chi connectivity index (χ0n) is 76.3. The molecule has 0 aliphatic rings. The Morgan fingerprint density at radius 2 is 0.875 bits per heavy atom. The Kier molecular flexibility index (Phi) is 57.9. The summed E-state index contributed by atoms with van der Waals surface area (Å²) in [5.74, 6) is -20.7. The first-order valence-electron chi connectivity index (χ1n) is 45.3. The third-order valence-electron chi connectivity index (χ3n) is 22.3. The van der Waals surface area contributed by atoms with E-state index in [1.807, 2.05) is 27.7 Å². The number of nitrogens with zero attached hydrogens (tertiary/aromatic N) is 3. The number of carbonyl (C=O) groups excluding carboxylic acids is 14. The number of aliphatic hydroxyl groups is 2. The van der Waals surface area contributed by atoms with Crippen LogP contribution in [0, 0.1) is 47.3 Å². The predicted octanol–water partition coefficient (Wildman–Crippen LogP) is 2.56. The van der Waals surface area contributed by atoms with E-state index in [1.54, 1.807) is 6.26 Å². The second kappa shape index (κ2) is 64.8. The van der Waals surface area contributed by atoms with Crippen LogP contribution in [-0.2, 0) is 84.8 Å². The van der Waals surface area contributed by atoms with E-state index in [0.717, 1.165) is 45.4 Å². The molecular weight excluding hydrogens is 1670 g/mol. The number of nitrogens with one attached hydrogen (secondary N) is 8. The van der Waals surface area contributed by atoms with Crippen molar-refractivity contribution in [1.82, 2.24) is 47.2 Å². The number of aromatic amines is 1. The van der Waals surface area contributed by atoms with E-state index in [1.165, 1.54) is 48.6 Å². The van der Waals surface area contributed by atoms with E-state index in [-0.39, 0.29) is 164 Å². The lowest BCUT2D eigenvalue weighted by atomic mass is 9.87. The van der Waals surface area contributed by atoms with Gasteiger partial charge in [-0.1, -0.05) is 91.7 Å². The Morgan fingerprint density at radius 3 is 1.38 bits per heavy atom. The van der Waals surface area contributed by atoms with Crippen LogP contribution in [-0.4, -0.2) is 230 Å². The molecule has 1 aromatic heterocycles. The molecule has 0 saturated carbocycles. The van der Waals surface area contributed by atoms with Gasteiger partial charge in [-0.2, -0.15) is 11.8 Å². The number of amides is 8. The quantitative estimate of drug-likeness (QED) is 0.0257. The minimum Gasteiger partial charge on any atom is -0.508 e. The summed E-state index contributed by atoms with van der Waals surface area (Å²) in [5.41, 5.74) is 46.7. The number of phenols is 1. The molecule has 128 heavy (non-hydrogen) atoms. The number of carbonyl (C=O) groups is 15. The number of unbranched alkanes of at least 4 members (excludes halogenated alkanes) is 9. The number of Topliss-reactive ketones (excluding diaryl/α,β-unsaturated/α-hetero) is 6. The van der Waals surface area contributed by atoms with Crippen molar-refractivity contribution in [1.29, 1.82) is 0 Å². The average molecular weight is 1820 g/mol. The van der Waals surface area contributed by atoms with Crippen molar-refractivity contribution in [2.75, 3.05) is 51.3 Å². The second-order valence-corrected chi connectivity index (χ2v) is 35.3. The largest absolute Gasteiger partial charge is 0.508 e. The number of hydrogen-bond acceptors (Lipinski definition) is 25. The number of aromatic nitrogens is 2. The van der Waals surface area contributed by atoms with Gasteiger partial charge in [0.25, 0.3) is 0 Å². The lowest BCUT2D eigenvalue weighted by Gasteiger charge is -2.27. The van der Waals surface area contributed by atoms with Crippen molar-refractivity contribution < 1.29 is 92.3 Å². The molecule has 39 heteroatoms. The number of aromatic hydroxyl groups is 1. The molecule has 14 atom stereocenters. The topological polar surface area (TPSA) is 683 Å². The van der Waals surface area contributed by atoms with E-state index in [0.29, 0.717) is 62.9 Å². The number of ketones is 6. The Hall–Kier alpha value is -9.83. The molecule has 2 rings (SSSR count). The number of thioether (sulfide) groups is 1. The molecule has 0 aliphatic carbocycles. The number of guanidine groups is 2. The van der Waals surface area contributed by atoms with Crippen LogP contribution in [0.3, 0.4) is 0 Å². The second-order valence-electron chi connectivity index (χ2n) is 34.3. The maximum absolute atomic E-state index is 15.0. The zero-order valence-corrected chi connectivity index (χ0v) is 77.1. The van der Waals surface area contributed by atoms with E-state index in [2.05, 4.69) is 64.1 Å². The lowest BCUT2D eigenvalue weighted by Crippen LogP contribution is -2.52. The summed E-state index contributed by atoms with van der Waals surface area (Å²) in [5, 5.41) is 61.7. The summed E-state index contributed by atoms with van der Waals surface area (Å²) < 4.78 is 0. The van der Waals surface area contributed by atoms with Gasteiger partial charge in [0.1, 0.15) is 11.8 Å². The van der Waals surface area contributed by atoms with Crippen molar-refractivity contribution in [2.24, 2.45) is 103 Å². The maximum Gasteiger partial charge on any atom is 0.305 e. The number of phenolic OH excluding ortho intramolecular Hbond substituents is 1. The third-order valence-corrected chi connectivity index (χ3v) is 22.9. The number of benzene rings is 1. The van der Waals surface area contributed by atoms with E-state index in [9.17, 15) is 92.3 Å². The molecule has 1 aromatic carbocycles. The normalized spacial score (nSPS) is 14.7. The summed E-state index contributed by atoms with van der Waals surface area (Å²) in [6, 6.07) is -3.77. The van der Waals surface area contributed by atoms with Crippen molar-refractivity contribution in [3.05, 3.63) is 48.0 Å². The lowest BCUT2D eigenvalue weighted by molar-refractivity contribution is -0.142. The van der Waals surface area contributed by atoms with Crippen LogP contribution in [0.1, 0.15) is 252 Å². The van der Waals surface area contributed by atoms with Crippen LogP contribution < -0.4 is 83.1 Å². The molecule has 0 spiro atoms. The van der Waals surface area contributed by atoms with Gasteiger partial charge in [0.05, 0.1) is 79.5 Å². The summed E-state index contributed by atoms with van der Waals surface area (Å²) in [7, 11) is 0. The number of aliphatic imine (C=N–C) groups is 2. The van der Waals surface area contributed by atoms with Crippen LogP contribution in [0.15, 0.2) is 46.8 Å². The van der Waals surface area contributed by atoms with E-state index < -0.39 is 205 Å². The first kappa shape index (κ1) is 114. The molecule has 2 aromatic rings. The fourth-order valence-electron chi connectivity index (χ4n) is 15.0. The number of rotatable bonds is 75. The number of aliphatic carboxylic acids is 1. The number of aliphatic hydroxyl groups excluding tert-OH is 2. The van der Waals surface area contributed by atoms with Crippen LogP contribution in [0.5, 0.6) is 5.75 Å². The molecule has 38 nitrogen and oxygen atoms in total. The molecule has 0 saturated heterocycles. The first-order valence-corrected chi connectivity index (χ1v) is 46.7. The van der Waals surface area contributed by atoms with Gasteiger partial charge in [0, 0.05) is 94.1 Å².